The molecule has 1 aliphatic rings. The van der Waals surface area contributed by atoms with Crippen molar-refractivity contribution in [2.75, 3.05) is 13.1 Å². The number of rotatable bonds is 1. The largest absolute Gasteiger partial charge is 0.361 e. The summed E-state index contributed by atoms with van der Waals surface area (Å²) in [6.07, 6.45) is 4.30. The van der Waals surface area contributed by atoms with Gasteiger partial charge in [0, 0.05) is 19.3 Å². The van der Waals surface area contributed by atoms with E-state index in [9.17, 15) is 0 Å². The Morgan fingerprint density at radius 2 is 2.08 bits per heavy atom. The molecule has 2 nitrogen and oxygen atoms in total. The fraction of sp³-hybridized carbons (Fsp3) is 0.400. The zero-order chi connectivity index (χ0) is 9.10. The summed E-state index contributed by atoms with van der Waals surface area (Å²) in [5, 5.41) is 0. The molecule has 0 saturated carbocycles. The van der Waals surface area contributed by atoms with Gasteiger partial charge in [0.2, 0.25) is 0 Å². The number of hydrogen-bond acceptors (Lipinski definition) is 2. The zero-order valence-corrected chi connectivity index (χ0v) is 8.26. The van der Waals surface area contributed by atoms with E-state index in [4.69, 9.17) is 12.2 Å². The molecule has 13 heavy (non-hydrogen) atoms. The minimum absolute atomic E-state index is 0.901. The van der Waals surface area contributed by atoms with E-state index in [1.54, 1.807) is 6.20 Å². The molecule has 2 rings (SSSR count). The highest BCUT2D eigenvalue weighted by Crippen LogP contribution is 2.11. The lowest BCUT2D eigenvalue weighted by atomic mass is 10.3. The van der Waals surface area contributed by atoms with E-state index in [2.05, 4.69) is 9.88 Å². The van der Waals surface area contributed by atoms with E-state index in [0.717, 1.165) is 23.8 Å². The predicted octanol–water partition coefficient (Wildman–Crippen LogP) is 1.85. The van der Waals surface area contributed by atoms with Crippen molar-refractivity contribution in [3.63, 3.8) is 0 Å². The topological polar surface area (TPSA) is 16.1 Å². The molecule has 2 heterocycles. The lowest BCUT2D eigenvalue weighted by Gasteiger charge is -2.17. The summed E-state index contributed by atoms with van der Waals surface area (Å²) in [7, 11) is 0. The minimum Gasteiger partial charge on any atom is -0.361 e. The van der Waals surface area contributed by atoms with Crippen molar-refractivity contribution in [1.82, 2.24) is 9.88 Å². The maximum absolute atomic E-state index is 5.34. The van der Waals surface area contributed by atoms with Gasteiger partial charge in [0.1, 0.15) is 4.99 Å². The van der Waals surface area contributed by atoms with Crippen molar-refractivity contribution in [3.05, 3.63) is 30.1 Å². The molecule has 0 unspecified atom stereocenters. The van der Waals surface area contributed by atoms with Gasteiger partial charge >= 0.3 is 0 Å². The lowest BCUT2D eigenvalue weighted by molar-refractivity contribution is 0.529. The Kier molecular flexibility index (Phi) is 2.54. The molecule has 0 bridgehead atoms. The summed E-state index contributed by atoms with van der Waals surface area (Å²) in [5.74, 6) is 0. The van der Waals surface area contributed by atoms with E-state index in [1.165, 1.54) is 12.8 Å². The monoisotopic (exact) mass is 192 g/mol. The van der Waals surface area contributed by atoms with E-state index in [0.29, 0.717) is 0 Å². The number of pyridine rings is 1. The Labute approximate surface area is 83.6 Å². The molecule has 0 spiro atoms. The van der Waals surface area contributed by atoms with Crippen molar-refractivity contribution in [2.45, 2.75) is 12.8 Å². The van der Waals surface area contributed by atoms with Crippen LogP contribution < -0.4 is 0 Å². The quantitative estimate of drug-likeness (QED) is 0.632. The molecule has 1 aromatic rings. The second kappa shape index (κ2) is 3.83. The number of nitrogens with zero attached hydrogens (tertiary/aromatic N) is 2. The van der Waals surface area contributed by atoms with Gasteiger partial charge in [-0.15, -0.1) is 0 Å². The van der Waals surface area contributed by atoms with Crippen LogP contribution in [0.1, 0.15) is 18.5 Å². The first-order valence-electron chi connectivity index (χ1n) is 4.58. The third-order valence-electron chi connectivity index (χ3n) is 2.28. The first kappa shape index (κ1) is 8.63. The Morgan fingerprint density at radius 3 is 2.69 bits per heavy atom. The molecule has 68 valence electrons. The van der Waals surface area contributed by atoms with Gasteiger partial charge in [-0.1, -0.05) is 18.3 Å². The Morgan fingerprint density at radius 1 is 1.31 bits per heavy atom. The van der Waals surface area contributed by atoms with Gasteiger partial charge in [0.15, 0.2) is 0 Å². The Hall–Kier alpha value is -0.960. The summed E-state index contributed by atoms with van der Waals surface area (Å²) < 4.78 is 0. The van der Waals surface area contributed by atoms with Crippen LogP contribution in [0.3, 0.4) is 0 Å². The summed E-state index contributed by atoms with van der Waals surface area (Å²) in [5.41, 5.74) is 0.930. The molecule has 1 aliphatic heterocycles. The molecular formula is C10H12N2S. The SMILES string of the molecule is S=C(c1ccccn1)N1CCCC1. The minimum atomic E-state index is 0.901. The van der Waals surface area contributed by atoms with E-state index in [1.807, 2.05) is 18.2 Å². The average Bonchev–Trinajstić information content (AvgIpc) is 2.71. The van der Waals surface area contributed by atoms with Crippen molar-refractivity contribution >= 4 is 17.2 Å². The third kappa shape index (κ3) is 1.86. The van der Waals surface area contributed by atoms with Crippen molar-refractivity contribution < 1.29 is 0 Å². The van der Waals surface area contributed by atoms with Crippen LogP contribution >= 0.6 is 12.2 Å². The Balaban J connectivity index is 2.13. The molecular weight excluding hydrogens is 180 g/mol. The first-order valence-corrected chi connectivity index (χ1v) is 4.99. The zero-order valence-electron chi connectivity index (χ0n) is 7.44. The molecule has 0 aliphatic carbocycles. The van der Waals surface area contributed by atoms with Gasteiger partial charge < -0.3 is 4.90 Å². The fourth-order valence-corrected chi connectivity index (χ4v) is 1.87. The van der Waals surface area contributed by atoms with Crippen LogP contribution in [0.25, 0.3) is 0 Å². The molecule has 3 heteroatoms. The lowest BCUT2D eigenvalue weighted by Crippen LogP contribution is -2.27. The van der Waals surface area contributed by atoms with E-state index < -0.39 is 0 Å². The maximum Gasteiger partial charge on any atom is 0.127 e. The maximum atomic E-state index is 5.34. The smallest absolute Gasteiger partial charge is 0.127 e. The van der Waals surface area contributed by atoms with Gasteiger partial charge in [-0.2, -0.15) is 0 Å². The second-order valence-corrected chi connectivity index (χ2v) is 3.60. The van der Waals surface area contributed by atoms with Crippen molar-refractivity contribution in [2.24, 2.45) is 0 Å². The van der Waals surface area contributed by atoms with Gasteiger partial charge in [-0.25, -0.2) is 0 Å². The highest BCUT2D eigenvalue weighted by Gasteiger charge is 2.16. The van der Waals surface area contributed by atoms with E-state index >= 15 is 0 Å². The highest BCUT2D eigenvalue weighted by molar-refractivity contribution is 7.80. The number of likely N-dealkylation sites (tertiary alicyclic amines) is 1. The van der Waals surface area contributed by atoms with Crippen molar-refractivity contribution in [3.8, 4) is 0 Å². The molecule has 1 fully saturated rings. The van der Waals surface area contributed by atoms with Crippen LogP contribution in [0.15, 0.2) is 24.4 Å². The fourth-order valence-electron chi connectivity index (χ4n) is 1.57. The van der Waals surface area contributed by atoms with Crippen LogP contribution in [0.2, 0.25) is 0 Å². The molecule has 1 saturated heterocycles. The normalized spacial score (nSPS) is 16.2. The molecule has 0 amide bonds. The summed E-state index contributed by atoms with van der Waals surface area (Å²) in [6.45, 7) is 2.19. The van der Waals surface area contributed by atoms with Crippen LogP contribution in [0, 0.1) is 0 Å². The average molecular weight is 192 g/mol. The van der Waals surface area contributed by atoms with Crippen LogP contribution in [-0.2, 0) is 0 Å². The molecule has 0 atom stereocenters. The highest BCUT2D eigenvalue weighted by atomic mass is 32.1. The first-order chi connectivity index (χ1) is 6.38. The molecule has 0 N–H and O–H groups in total. The van der Waals surface area contributed by atoms with Crippen LogP contribution in [0.5, 0.6) is 0 Å². The third-order valence-corrected chi connectivity index (χ3v) is 2.74. The summed E-state index contributed by atoms with van der Waals surface area (Å²) >= 11 is 5.34. The molecule has 0 aromatic carbocycles. The summed E-state index contributed by atoms with van der Waals surface area (Å²) in [4.78, 5) is 7.38. The number of aromatic nitrogens is 1. The number of thiocarbonyl (C=S) groups is 1. The second-order valence-electron chi connectivity index (χ2n) is 3.21. The molecule has 1 aromatic heterocycles. The van der Waals surface area contributed by atoms with Gasteiger partial charge in [0.05, 0.1) is 5.69 Å². The van der Waals surface area contributed by atoms with E-state index in [-0.39, 0.29) is 0 Å². The van der Waals surface area contributed by atoms with Gasteiger partial charge in [-0.3, -0.25) is 4.98 Å². The summed E-state index contributed by atoms with van der Waals surface area (Å²) in [6, 6.07) is 5.86. The van der Waals surface area contributed by atoms with Crippen LogP contribution in [-0.4, -0.2) is 28.0 Å². The molecule has 0 radical (unpaired) electrons. The van der Waals surface area contributed by atoms with Crippen molar-refractivity contribution in [1.29, 1.82) is 0 Å². The van der Waals surface area contributed by atoms with Gasteiger partial charge in [0.25, 0.3) is 0 Å². The van der Waals surface area contributed by atoms with Crippen LogP contribution in [0.4, 0.5) is 0 Å². The number of hydrogen-bond donors (Lipinski definition) is 0. The Bertz CT molecular complexity index is 291. The van der Waals surface area contributed by atoms with Gasteiger partial charge in [-0.05, 0) is 25.0 Å². The standard InChI is InChI=1S/C10H12N2S/c13-10(12-7-3-4-8-12)9-5-1-2-6-11-9/h1-2,5-6H,3-4,7-8H2. The predicted molar refractivity (Wildman–Crippen MR) is 56.7 cm³/mol.